The normalized spacial score (nSPS) is 29.3. The number of hydrogen-bond donors (Lipinski definition) is 1. The minimum Gasteiger partial charge on any atom is -0.383 e. The summed E-state index contributed by atoms with van der Waals surface area (Å²) in [4.78, 5) is 8.95. The van der Waals surface area contributed by atoms with E-state index < -0.39 is 0 Å². The lowest BCUT2D eigenvalue weighted by Crippen LogP contribution is -2.23. The maximum atomic E-state index is 5.88. The zero-order valence-electron chi connectivity index (χ0n) is 10.1. The van der Waals surface area contributed by atoms with Gasteiger partial charge in [0.2, 0.25) is 0 Å². The van der Waals surface area contributed by atoms with Crippen LogP contribution >= 0.6 is 39.5 Å². The molecule has 2 heterocycles. The van der Waals surface area contributed by atoms with Crippen molar-refractivity contribution in [2.24, 2.45) is 0 Å². The maximum absolute atomic E-state index is 5.88. The Labute approximate surface area is 119 Å². The molecule has 94 valence electrons. The zero-order valence-corrected chi connectivity index (χ0v) is 13.3. The third-order valence-corrected chi connectivity index (χ3v) is 7.26. The highest BCUT2D eigenvalue weighted by Gasteiger charge is 2.29. The number of anilines is 1. The lowest BCUT2D eigenvalue weighted by Gasteiger charge is -2.30. The van der Waals surface area contributed by atoms with Crippen LogP contribution in [0.15, 0.2) is 4.47 Å². The molecule has 1 aliphatic heterocycles. The van der Waals surface area contributed by atoms with Crippen LogP contribution in [0, 0.1) is 6.92 Å². The summed E-state index contributed by atoms with van der Waals surface area (Å²) < 4.78 is 0.816. The summed E-state index contributed by atoms with van der Waals surface area (Å²) in [5.74, 6) is 2.49. The van der Waals surface area contributed by atoms with Crippen LogP contribution in [0.2, 0.25) is 0 Å². The summed E-state index contributed by atoms with van der Waals surface area (Å²) in [5, 5.41) is 1.69. The second-order valence-corrected chi connectivity index (χ2v) is 8.02. The van der Waals surface area contributed by atoms with Crippen LogP contribution in [0.25, 0.3) is 0 Å². The standard InChI is InChI=1S/C11H16BrN3S2/c1-5-9(12)10(13)15-11(14-5)8-4-16-6(2)7(3)17-8/h6-8H,4H2,1-3H3,(H2,13,14,15). The van der Waals surface area contributed by atoms with Crippen LogP contribution in [0.5, 0.6) is 0 Å². The van der Waals surface area contributed by atoms with Crippen LogP contribution in [0.3, 0.4) is 0 Å². The Kier molecular flexibility index (Phi) is 4.26. The molecular weight excluding hydrogens is 318 g/mol. The van der Waals surface area contributed by atoms with Gasteiger partial charge in [-0.15, -0.1) is 11.8 Å². The molecule has 0 radical (unpaired) electrons. The second-order valence-electron chi connectivity index (χ2n) is 4.23. The minimum atomic E-state index is 0.361. The van der Waals surface area contributed by atoms with Gasteiger partial charge in [-0.3, -0.25) is 0 Å². The molecule has 1 aliphatic rings. The fourth-order valence-corrected chi connectivity index (χ4v) is 4.69. The largest absolute Gasteiger partial charge is 0.383 e. The first kappa shape index (κ1) is 13.5. The average Bonchev–Trinajstić information content (AvgIpc) is 2.29. The zero-order chi connectivity index (χ0) is 12.6. The highest BCUT2D eigenvalue weighted by molar-refractivity contribution is 9.10. The molecule has 1 saturated heterocycles. The van der Waals surface area contributed by atoms with Crippen molar-refractivity contribution in [1.29, 1.82) is 0 Å². The highest BCUT2D eigenvalue weighted by Crippen LogP contribution is 2.43. The summed E-state index contributed by atoms with van der Waals surface area (Å²) in [6.07, 6.45) is 0. The third kappa shape index (κ3) is 2.90. The smallest absolute Gasteiger partial charge is 0.144 e. The highest BCUT2D eigenvalue weighted by atomic mass is 79.9. The number of thioether (sulfide) groups is 2. The predicted octanol–water partition coefficient (Wildman–Crippen LogP) is 3.43. The first-order valence-corrected chi connectivity index (χ1v) is 8.34. The number of nitrogens with zero attached hydrogens (tertiary/aromatic N) is 2. The SMILES string of the molecule is Cc1nc(C2CSC(C)C(C)S2)nc(N)c1Br. The van der Waals surface area contributed by atoms with Gasteiger partial charge in [-0.1, -0.05) is 13.8 Å². The van der Waals surface area contributed by atoms with E-state index >= 15 is 0 Å². The number of nitrogen functional groups attached to an aromatic ring is 1. The molecule has 3 unspecified atom stereocenters. The second kappa shape index (κ2) is 5.36. The molecule has 2 N–H and O–H groups in total. The molecule has 3 nitrogen and oxygen atoms in total. The number of aryl methyl sites for hydroxylation is 1. The van der Waals surface area contributed by atoms with Gasteiger partial charge in [0.25, 0.3) is 0 Å². The van der Waals surface area contributed by atoms with Crippen molar-refractivity contribution in [3.63, 3.8) is 0 Å². The monoisotopic (exact) mass is 333 g/mol. The lowest BCUT2D eigenvalue weighted by atomic mass is 10.3. The number of hydrogen-bond acceptors (Lipinski definition) is 5. The molecule has 0 aliphatic carbocycles. The molecule has 1 aromatic heterocycles. The van der Waals surface area contributed by atoms with Gasteiger partial charge in [-0.2, -0.15) is 11.8 Å². The Hall–Kier alpha value is 0.0600. The van der Waals surface area contributed by atoms with E-state index in [0.29, 0.717) is 21.6 Å². The molecule has 2 rings (SSSR count). The molecule has 0 saturated carbocycles. The fraction of sp³-hybridized carbons (Fsp3) is 0.636. The first-order valence-electron chi connectivity index (χ1n) is 5.55. The fourth-order valence-electron chi connectivity index (χ4n) is 1.67. The van der Waals surface area contributed by atoms with Crippen LogP contribution < -0.4 is 5.73 Å². The van der Waals surface area contributed by atoms with Gasteiger partial charge in [-0.05, 0) is 22.9 Å². The van der Waals surface area contributed by atoms with Gasteiger partial charge in [0.1, 0.15) is 11.6 Å². The van der Waals surface area contributed by atoms with Crippen LogP contribution in [0.4, 0.5) is 5.82 Å². The van der Waals surface area contributed by atoms with Crippen LogP contribution in [-0.2, 0) is 0 Å². The summed E-state index contributed by atoms with van der Waals surface area (Å²) >= 11 is 7.34. The van der Waals surface area contributed by atoms with Gasteiger partial charge < -0.3 is 5.73 Å². The van der Waals surface area contributed by atoms with Gasteiger partial charge in [0.15, 0.2) is 0 Å². The van der Waals surface area contributed by atoms with E-state index in [-0.39, 0.29) is 0 Å². The summed E-state index contributed by atoms with van der Waals surface area (Å²) in [7, 11) is 0. The molecule has 0 amide bonds. The molecule has 1 fully saturated rings. The molecule has 0 spiro atoms. The number of nitrogens with two attached hydrogens (primary N) is 1. The number of rotatable bonds is 1. The Morgan fingerprint density at radius 2 is 2.00 bits per heavy atom. The van der Waals surface area contributed by atoms with Crippen LogP contribution in [-0.4, -0.2) is 26.2 Å². The van der Waals surface area contributed by atoms with Gasteiger partial charge in [0.05, 0.1) is 15.4 Å². The van der Waals surface area contributed by atoms with Crippen molar-refractivity contribution >= 4 is 45.3 Å². The van der Waals surface area contributed by atoms with Gasteiger partial charge in [-0.25, -0.2) is 9.97 Å². The van der Waals surface area contributed by atoms with Crippen molar-refractivity contribution in [2.75, 3.05) is 11.5 Å². The van der Waals surface area contributed by atoms with E-state index in [1.165, 1.54) is 0 Å². The Morgan fingerprint density at radius 1 is 1.29 bits per heavy atom. The van der Waals surface area contributed by atoms with Crippen molar-refractivity contribution in [3.05, 3.63) is 16.0 Å². The molecule has 0 aromatic carbocycles. The van der Waals surface area contributed by atoms with Crippen molar-refractivity contribution in [1.82, 2.24) is 9.97 Å². The first-order chi connectivity index (χ1) is 7.99. The molecular formula is C11H16BrN3S2. The molecule has 17 heavy (non-hydrogen) atoms. The average molecular weight is 334 g/mol. The topological polar surface area (TPSA) is 51.8 Å². The van der Waals surface area contributed by atoms with E-state index in [0.717, 1.165) is 21.7 Å². The van der Waals surface area contributed by atoms with E-state index in [1.807, 2.05) is 30.4 Å². The number of halogens is 1. The summed E-state index contributed by atoms with van der Waals surface area (Å²) in [6.45, 7) is 6.50. The third-order valence-electron chi connectivity index (χ3n) is 2.90. The Balaban J connectivity index is 2.23. The predicted molar refractivity (Wildman–Crippen MR) is 80.6 cm³/mol. The molecule has 1 aromatic rings. The maximum Gasteiger partial charge on any atom is 0.144 e. The van der Waals surface area contributed by atoms with Crippen molar-refractivity contribution in [2.45, 2.75) is 36.5 Å². The van der Waals surface area contributed by atoms with Crippen LogP contribution in [0.1, 0.15) is 30.6 Å². The van der Waals surface area contributed by atoms with E-state index in [9.17, 15) is 0 Å². The molecule has 6 heteroatoms. The van der Waals surface area contributed by atoms with Crippen molar-refractivity contribution in [3.8, 4) is 0 Å². The Morgan fingerprint density at radius 3 is 2.59 bits per heavy atom. The van der Waals surface area contributed by atoms with Gasteiger partial charge >= 0.3 is 0 Å². The Bertz CT molecular complexity index is 404. The summed E-state index contributed by atoms with van der Waals surface area (Å²) in [5.41, 5.74) is 6.80. The van der Waals surface area contributed by atoms with Crippen molar-refractivity contribution < 1.29 is 0 Å². The molecule has 3 atom stereocenters. The van der Waals surface area contributed by atoms with E-state index in [2.05, 4.69) is 39.7 Å². The number of aromatic nitrogens is 2. The van der Waals surface area contributed by atoms with E-state index in [4.69, 9.17) is 5.73 Å². The minimum absolute atomic E-state index is 0.361. The van der Waals surface area contributed by atoms with Gasteiger partial charge in [0, 0.05) is 16.3 Å². The molecule has 0 bridgehead atoms. The quantitative estimate of drug-likeness (QED) is 0.853. The summed E-state index contributed by atoms with van der Waals surface area (Å²) in [6, 6.07) is 0. The van der Waals surface area contributed by atoms with E-state index in [1.54, 1.807) is 0 Å². The lowest BCUT2D eigenvalue weighted by molar-refractivity contribution is 0.852.